The molecule has 0 aliphatic heterocycles. The van der Waals surface area contributed by atoms with Crippen LogP contribution in [0.15, 0.2) is 30.6 Å². The number of nitrogens with zero attached hydrogens (tertiary/aromatic N) is 3. The lowest BCUT2D eigenvalue weighted by Crippen LogP contribution is -2.21. The van der Waals surface area contributed by atoms with E-state index in [-0.39, 0.29) is 11.5 Å². The molecule has 1 heterocycles. The highest BCUT2D eigenvalue weighted by atomic mass is 16.5. The van der Waals surface area contributed by atoms with E-state index in [0.717, 1.165) is 24.5 Å². The number of imidazole rings is 1. The molecule has 0 aliphatic carbocycles. The van der Waals surface area contributed by atoms with Crippen molar-refractivity contribution < 1.29 is 9.53 Å². The lowest BCUT2D eigenvalue weighted by atomic mass is 10.2. The Balaban J connectivity index is 2.31. The van der Waals surface area contributed by atoms with Gasteiger partial charge in [-0.25, -0.2) is 9.78 Å². The van der Waals surface area contributed by atoms with Crippen LogP contribution in [-0.4, -0.2) is 35.7 Å². The standard InChI is InChI=1S/C15H20N4O2/c1-4-18(5-2)11-6-8-12(9-7-11)19-10-17-13(14(19)16)15(20)21-3/h6-10H,4-5,16H2,1-3H3. The van der Waals surface area contributed by atoms with Crippen molar-refractivity contribution >= 4 is 17.5 Å². The normalized spacial score (nSPS) is 10.4. The lowest BCUT2D eigenvalue weighted by Gasteiger charge is -2.21. The molecule has 0 saturated heterocycles. The molecule has 0 saturated carbocycles. The fourth-order valence-corrected chi connectivity index (χ4v) is 2.23. The van der Waals surface area contributed by atoms with Crippen LogP contribution in [0.1, 0.15) is 24.3 Å². The minimum absolute atomic E-state index is 0.130. The van der Waals surface area contributed by atoms with Gasteiger partial charge in [-0.1, -0.05) is 0 Å². The summed E-state index contributed by atoms with van der Waals surface area (Å²) in [5.74, 6) is -0.261. The van der Waals surface area contributed by atoms with Gasteiger partial charge in [0.15, 0.2) is 5.69 Å². The van der Waals surface area contributed by atoms with Gasteiger partial charge in [-0.15, -0.1) is 0 Å². The highest BCUT2D eigenvalue weighted by Gasteiger charge is 2.16. The van der Waals surface area contributed by atoms with Crippen molar-refractivity contribution in [3.05, 3.63) is 36.3 Å². The molecule has 0 amide bonds. The molecule has 112 valence electrons. The molecule has 2 N–H and O–H groups in total. The van der Waals surface area contributed by atoms with Crippen molar-refractivity contribution in [3.63, 3.8) is 0 Å². The molecule has 0 spiro atoms. The topological polar surface area (TPSA) is 73.4 Å². The van der Waals surface area contributed by atoms with Crippen LogP contribution in [0.2, 0.25) is 0 Å². The second-order valence-electron chi connectivity index (χ2n) is 4.53. The molecule has 2 aromatic rings. The highest BCUT2D eigenvalue weighted by molar-refractivity contribution is 5.92. The van der Waals surface area contributed by atoms with Crippen LogP contribution in [0.25, 0.3) is 5.69 Å². The first-order valence-electron chi connectivity index (χ1n) is 6.88. The third kappa shape index (κ3) is 2.84. The van der Waals surface area contributed by atoms with Crippen LogP contribution in [0.5, 0.6) is 0 Å². The number of ether oxygens (including phenoxy) is 1. The zero-order chi connectivity index (χ0) is 15.4. The Labute approximate surface area is 124 Å². The average molecular weight is 288 g/mol. The maximum absolute atomic E-state index is 11.5. The molecule has 0 atom stereocenters. The van der Waals surface area contributed by atoms with Crippen LogP contribution >= 0.6 is 0 Å². The number of rotatable bonds is 5. The number of nitrogen functional groups attached to an aromatic ring is 1. The molecule has 0 radical (unpaired) electrons. The van der Waals surface area contributed by atoms with E-state index in [1.807, 2.05) is 24.3 Å². The van der Waals surface area contributed by atoms with E-state index in [9.17, 15) is 4.79 Å². The van der Waals surface area contributed by atoms with Gasteiger partial charge in [0.1, 0.15) is 12.1 Å². The number of aromatic nitrogens is 2. The fourth-order valence-electron chi connectivity index (χ4n) is 2.23. The number of carbonyl (C=O) groups excluding carboxylic acids is 1. The van der Waals surface area contributed by atoms with Crippen LogP contribution in [0.3, 0.4) is 0 Å². The van der Waals surface area contributed by atoms with Crippen LogP contribution in [-0.2, 0) is 4.74 Å². The van der Waals surface area contributed by atoms with E-state index < -0.39 is 5.97 Å². The van der Waals surface area contributed by atoms with Gasteiger partial charge in [-0.2, -0.15) is 0 Å². The summed E-state index contributed by atoms with van der Waals surface area (Å²) in [6.45, 7) is 6.15. The van der Waals surface area contributed by atoms with E-state index in [4.69, 9.17) is 5.73 Å². The Hall–Kier alpha value is -2.50. The third-order valence-corrected chi connectivity index (χ3v) is 3.44. The minimum Gasteiger partial charge on any atom is -0.464 e. The summed E-state index contributed by atoms with van der Waals surface area (Å²) in [5.41, 5.74) is 8.08. The molecule has 6 heteroatoms. The van der Waals surface area contributed by atoms with Crippen LogP contribution < -0.4 is 10.6 Å². The van der Waals surface area contributed by atoms with Gasteiger partial charge < -0.3 is 15.4 Å². The number of anilines is 2. The first-order valence-corrected chi connectivity index (χ1v) is 6.88. The molecule has 0 unspecified atom stereocenters. The first-order chi connectivity index (χ1) is 10.1. The summed E-state index contributed by atoms with van der Waals surface area (Å²) in [6.07, 6.45) is 1.52. The van der Waals surface area contributed by atoms with E-state index in [0.29, 0.717) is 0 Å². The number of benzene rings is 1. The van der Waals surface area contributed by atoms with Gasteiger partial charge in [0, 0.05) is 24.5 Å². The first kappa shape index (κ1) is 14.9. The molecule has 2 rings (SSSR count). The summed E-state index contributed by atoms with van der Waals surface area (Å²) in [6, 6.07) is 7.96. The molecule has 0 fully saturated rings. The van der Waals surface area contributed by atoms with Crippen molar-refractivity contribution in [1.29, 1.82) is 0 Å². The highest BCUT2D eigenvalue weighted by Crippen LogP contribution is 2.21. The Kier molecular flexibility index (Phi) is 4.47. The Morgan fingerprint density at radius 2 is 1.90 bits per heavy atom. The van der Waals surface area contributed by atoms with Crippen molar-refractivity contribution in [3.8, 4) is 5.69 Å². The predicted octanol–water partition coefficient (Wildman–Crippen LogP) is 2.09. The molecule has 0 bridgehead atoms. The van der Waals surface area contributed by atoms with Crippen LogP contribution in [0.4, 0.5) is 11.5 Å². The second kappa shape index (κ2) is 6.30. The van der Waals surface area contributed by atoms with E-state index in [1.54, 1.807) is 4.57 Å². The molecule has 1 aromatic carbocycles. The molecule has 6 nitrogen and oxygen atoms in total. The molecule has 21 heavy (non-hydrogen) atoms. The minimum atomic E-state index is -0.536. The summed E-state index contributed by atoms with van der Waals surface area (Å²) in [5, 5.41) is 0. The number of methoxy groups -OCH3 is 1. The van der Waals surface area contributed by atoms with Crippen molar-refractivity contribution in [2.75, 3.05) is 30.8 Å². The summed E-state index contributed by atoms with van der Waals surface area (Å²) in [4.78, 5) is 17.8. The van der Waals surface area contributed by atoms with Crippen molar-refractivity contribution in [1.82, 2.24) is 9.55 Å². The maximum Gasteiger partial charge on any atom is 0.360 e. The number of nitrogens with two attached hydrogens (primary N) is 1. The van der Waals surface area contributed by atoms with Gasteiger partial charge in [-0.3, -0.25) is 4.57 Å². The summed E-state index contributed by atoms with van der Waals surface area (Å²) in [7, 11) is 1.31. The van der Waals surface area contributed by atoms with Gasteiger partial charge in [-0.05, 0) is 38.1 Å². The predicted molar refractivity (Wildman–Crippen MR) is 82.9 cm³/mol. The smallest absolute Gasteiger partial charge is 0.360 e. The Morgan fingerprint density at radius 1 is 1.29 bits per heavy atom. The Bertz CT molecular complexity index is 615. The number of hydrogen-bond acceptors (Lipinski definition) is 5. The number of carbonyl (C=O) groups is 1. The zero-order valence-electron chi connectivity index (χ0n) is 12.5. The molecule has 1 aromatic heterocycles. The van der Waals surface area contributed by atoms with Gasteiger partial charge in [0.2, 0.25) is 0 Å². The molecule has 0 aliphatic rings. The fraction of sp³-hybridized carbons (Fsp3) is 0.333. The molecular weight excluding hydrogens is 268 g/mol. The quantitative estimate of drug-likeness (QED) is 0.853. The maximum atomic E-state index is 11.5. The second-order valence-corrected chi connectivity index (χ2v) is 4.53. The number of esters is 1. The largest absolute Gasteiger partial charge is 0.464 e. The summed E-state index contributed by atoms with van der Waals surface area (Å²) >= 11 is 0. The van der Waals surface area contributed by atoms with Crippen molar-refractivity contribution in [2.45, 2.75) is 13.8 Å². The number of hydrogen-bond donors (Lipinski definition) is 1. The van der Waals surface area contributed by atoms with Gasteiger partial charge in [0.25, 0.3) is 0 Å². The average Bonchev–Trinajstić information content (AvgIpc) is 2.90. The SMILES string of the molecule is CCN(CC)c1ccc(-n2cnc(C(=O)OC)c2N)cc1. The van der Waals surface area contributed by atoms with E-state index in [2.05, 4.69) is 28.5 Å². The van der Waals surface area contributed by atoms with E-state index in [1.165, 1.54) is 13.4 Å². The van der Waals surface area contributed by atoms with E-state index >= 15 is 0 Å². The van der Waals surface area contributed by atoms with Crippen molar-refractivity contribution in [2.24, 2.45) is 0 Å². The van der Waals surface area contributed by atoms with Gasteiger partial charge in [0.05, 0.1) is 7.11 Å². The zero-order valence-corrected chi connectivity index (χ0v) is 12.5. The molecular formula is C15H20N4O2. The lowest BCUT2D eigenvalue weighted by molar-refractivity contribution is 0.0596. The van der Waals surface area contributed by atoms with Gasteiger partial charge >= 0.3 is 5.97 Å². The monoisotopic (exact) mass is 288 g/mol. The van der Waals surface area contributed by atoms with Crippen LogP contribution in [0, 0.1) is 0 Å². The Morgan fingerprint density at radius 3 is 2.43 bits per heavy atom. The summed E-state index contributed by atoms with van der Waals surface area (Å²) < 4.78 is 6.31. The third-order valence-electron chi connectivity index (χ3n) is 3.44.